The molecular formula is C16H15BrINO. The van der Waals surface area contributed by atoms with Gasteiger partial charge in [0.15, 0.2) is 0 Å². The van der Waals surface area contributed by atoms with Crippen molar-refractivity contribution in [3.63, 3.8) is 0 Å². The summed E-state index contributed by atoms with van der Waals surface area (Å²) >= 11 is 5.62. The molecule has 0 spiro atoms. The highest BCUT2D eigenvalue weighted by atomic mass is 127. The molecule has 2 nitrogen and oxygen atoms in total. The molecule has 0 aliphatic carbocycles. The first-order valence-corrected chi connectivity index (χ1v) is 8.23. The Balaban J connectivity index is 2.00. The topological polar surface area (TPSA) is 29.1 Å². The first-order chi connectivity index (χ1) is 9.58. The third-order valence-electron chi connectivity index (χ3n) is 3.11. The van der Waals surface area contributed by atoms with E-state index >= 15 is 0 Å². The molecule has 1 unspecified atom stereocenters. The van der Waals surface area contributed by atoms with Crippen LogP contribution in [0.3, 0.4) is 0 Å². The van der Waals surface area contributed by atoms with Crippen LogP contribution in [-0.4, -0.2) is 12.5 Å². The fourth-order valence-corrected chi connectivity index (χ4v) is 2.83. The minimum atomic E-state index is -0.0434. The highest BCUT2D eigenvalue weighted by Gasteiger charge is 2.12. The number of hydrogen-bond donors (Lipinski definition) is 1. The quantitative estimate of drug-likeness (QED) is 0.688. The van der Waals surface area contributed by atoms with Gasteiger partial charge in [0.2, 0.25) is 0 Å². The summed E-state index contributed by atoms with van der Waals surface area (Å²) in [5.74, 6) is 0.250. The molecule has 0 fully saturated rings. The number of nitrogens with one attached hydrogen (secondary N) is 1. The maximum Gasteiger partial charge on any atom is 0.252 e. The van der Waals surface area contributed by atoms with Crippen LogP contribution in [0.15, 0.2) is 53.0 Å². The first-order valence-electron chi connectivity index (χ1n) is 6.36. The van der Waals surface area contributed by atoms with Crippen molar-refractivity contribution in [3.05, 3.63) is 67.7 Å². The van der Waals surface area contributed by atoms with Gasteiger partial charge in [0.25, 0.3) is 5.91 Å². The van der Waals surface area contributed by atoms with Gasteiger partial charge in [-0.05, 0) is 68.2 Å². The van der Waals surface area contributed by atoms with Crippen LogP contribution >= 0.6 is 38.5 Å². The smallest absolute Gasteiger partial charge is 0.252 e. The third kappa shape index (κ3) is 4.06. The first kappa shape index (κ1) is 15.5. The summed E-state index contributed by atoms with van der Waals surface area (Å²) in [6.07, 6.45) is 0. The largest absolute Gasteiger partial charge is 0.351 e. The Morgan fingerprint density at radius 2 is 1.95 bits per heavy atom. The molecular weight excluding hydrogens is 429 g/mol. The normalized spacial score (nSPS) is 11.9. The van der Waals surface area contributed by atoms with E-state index in [1.165, 1.54) is 5.56 Å². The van der Waals surface area contributed by atoms with Crippen molar-refractivity contribution in [2.24, 2.45) is 0 Å². The van der Waals surface area contributed by atoms with Crippen molar-refractivity contribution in [1.29, 1.82) is 0 Å². The fraction of sp³-hybridized carbons (Fsp3) is 0.188. The molecule has 104 valence electrons. The Labute approximate surface area is 141 Å². The highest BCUT2D eigenvalue weighted by Crippen LogP contribution is 2.20. The predicted octanol–water partition coefficient (Wildman–Crippen LogP) is 4.59. The van der Waals surface area contributed by atoms with Gasteiger partial charge in [-0.1, -0.05) is 37.3 Å². The molecule has 0 aliphatic rings. The molecule has 0 saturated heterocycles. The van der Waals surface area contributed by atoms with Gasteiger partial charge in [-0.15, -0.1) is 0 Å². The summed E-state index contributed by atoms with van der Waals surface area (Å²) in [6, 6.07) is 15.9. The predicted molar refractivity (Wildman–Crippen MR) is 94.0 cm³/mol. The molecule has 20 heavy (non-hydrogen) atoms. The minimum Gasteiger partial charge on any atom is -0.351 e. The standard InChI is InChI=1S/C16H15BrINO/c1-11(12-5-3-2-4-6-12)10-19-16(20)14-9-13(18)7-8-15(14)17/h2-9,11H,10H2,1H3,(H,19,20). The molecule has 1 amide bonds. The van der Waals surface area contributed by atoms with E-state index in [0.717, 1.165) is 8.04 Å². The van der Waals surface area contributed by atoms with Crippen molar-refractivity contribution < 1.29 is 4.79 Å². The molecule has 2 aromatic rings. The maximum absolute atomic E-state index is 12.2. The number of benzene rings is 2. The second-order valence-corrected chi connectivity index (χ2v) is 6.75. The van der Waals surface area contributed by atoms with E-state index in [9.17, 15) is 4.79 Å². The van der Waals surface area contributed by atoms with E-state index in [1.54, 1.807) is 0 Å². The fourth-order valence-electron chi connectivity index (χ4n) is 1.91. The second kappa shape index (κ2) is 7.22. The molecule has 0 bridgehead atoms. The lowest BCUT2D eigenvalue weighted by Crippen LogP contribution is -2.27. The summed E-state index contributed by atoms with van der Waals surface area (Å²) in [5, 5.41) is 2.99. The summed E-state index contributed by atoms with van der Waals surface area (Å²) in [7, 11) is 0. The van der Waals surface area contributed by atoms with E-state index in [2.05, 4.69) is 62.9 Å². The molecule has 1 N–H and O–H groups in total. The van der Waals surface area contributed by atoms with Crippen molar-refractivity contribution in [1.82, 2.24) is 5.32 Å². The van der Waals surface area contributed by atoms with Gasteiger partial charge in [0, 0.05) is 14.6 Å². The monoisotopic (exact) mass is 443 g/mol. The van der Waals surface area contributed by atoms with Crippen LogP contribution < -0.4 is 5.32 Å². The van der Waals surface area contributed by atoms with Crippen LogP contribution in [0.2, 0.25) is 0 Å². The Hall–Kier alpha value is -0.880. The van der Waals surface area contributed by atoms with E-state index < -0.39 is 0 Å². The van der Waals surface area contributed by atoms with Crippen molar-refractivity contribution >= 4 is 44.4 Å². The lowest BCUT2D eigenvalue weighted by Gasteiger charge is -2.13. The Morgan fingerprint density at radius 3 is 2.65 bits per heavy atom. The average Bonchev–Trinajstić information content (AvgIpc) is 2.47. The molecule has 2 rings (SSSR count). The van der Waals surface area contributed by atoms with Crippen molar-refractivity contribution in [3.8, 4) is 0 Å². The van der Waals surface area contributed by atoms with E-state index in [1.807, 2.05) is 36.4 Å². The van der Waals surface area contributed by atoms with E-state index in [4.69, 9.17) is 0 Å². The molecule has 0 radical (unpaired) electrons. The van der Waals surface area contributed by atoms with Crippen molar-refractivity contribution in [2.45, 2.75) is 12.8 Å². The zero-order chi connectivity index (χ0) is 14.5. The number of carbonyl (C=O) groups excluding carboxylic acids is 1. The summed E-state index contributed by atoms with van der Waals surface area (Å²) in [5.41, 5.74) is 1.91. The number of rotatable bonds is 4. The minimum absolute atomic E-state index is 0.0434. The van der Waals surface area contributed by atoms with Gasteiger partial charge in [-0.25, -0.2) is 0 Å². The Morgan fingerprint density at radius 1 is 1.25 bits per heavy atom. The SMILES string of the molecule is CC(CNC(=O)c1cc(I)ccc1Br)c1ccccc1. The van der Waals surface area contributed by atoms with Crippen LogP contribution in [0.5, 0.6) is 0 Å². The maximum atomic E-state index is 12.2. The number of hydrogen-bond acceptors (Lipinski definition) is 1. The van der Waals surface area contributed by atoms with Gasteiger partial charge >= 0.3 is 0 Å². The number of amides is 1. The van der Waals surface area contributed by atoms with E-state index in [0.29, 0.717) is 18.0 Å². The van der Waals surface area contributed by atoms with Gasteiger partial charge < -0.3 is 5.32 Å². The van der Waals surface area contributed by atoms with Crippen molar-refractivity contribution in [2.75, 3.05) is 6.54 Å². The average molecular weight is 444 g/mol. The Kier molecular flexibility index (Phi) is 5.60. The third-order valence-corrected chi connectivity index (χ3v) is 4.47. The molecule has 1 atom stereocenters. The lowest BCUT2D eigenvalue weighted by atomic mass is 10.0. The molecule has 0 aromatic heterocycles. The van der Waals surface area contributed by atoms with E-state index in [-0.39, 0.29) is 5.91 Å². The highest BCUT2D eigenvalue weighted by molar-refractivity contribution is 14.1. The molecule has 0 aliphatic heterocycles. The zero-order valence-electron chi connectivity index (χ0n) is 11.1. The molecule has 2 aromatic carbocycles. The van der Waals surface area contributed by atoms with Gasteiger partial charge in [-0.2, -0.15) is 0 Å². The van der Waals surface area contributed by atoms with Crippen LogP contribution in [0.25, 0.3) is 0 Å². The summed E-state index contributed by atoms with van der Waals surface area (Å²) in [4.78, 5) is 12.2. The summed E-state index contributed by atoms with van der Waals surface area (Å²) < 4.78 is 1.87. The van der Waals surface area contributed by atoms with Crippen LogP contribution in [0.1, 0.15) is 28.8 Å². The van der Waals surface area contributed by atoms with Gasteiger partial charge in [-0.3, -0.25) is 4.79 Å². The van der Waals surface area contributed by atoms with Gasteiger partial charge in [0.1, 0.15) is 0 Å². The number of carbonyl (C=O) groups is 1. The Bertz CT molecular complexity index is 601. The molecule has 0 heterocycles. The lowest BCUT2D eigenvalue weighted by molar-refractivity contribution is 0.0951. The second-order valence-electron chi connectivity index (χ2n) is 4.65. The van der Waals surface area contributed by atoms with Crippen LogP contribution in [0, 0.1) is 3.57 Å². The molecule has 4 heteroatoms. The van der Waals surface area contributed by atoms with Crippen LogP contribution in [-0.2, 0) is 0 Å². The summed E-state index contributed by atoms with van der Waals surface area (Å²) in [6.45, 7) is 2.74. The van der Waals surface area contributed by atoms with Gasteiger partial charge in [0.05, 0.1) is 5.56 Å². The molecule has 0 saturated carbocycles. The zero-order valence-corrected chi connectivity index (χ0v) is 14.8. The number of halogens is 2. The van der Waals surface area contributed by atoms with Crippen LogP contribution in [0.4, 0.5) is 0 Å².